The summed E-state index contributed by atoms with van der Waals surface area (Å²) in [5.41, 5.74) is -0.231. The van der Waals surface area contributed by atoms with Gasteiger partial charge in [0.25, 0.3) is 5.56 Å². The molecule has 2 aromatic heterocycles. The molecular weight excluding hydrogens is 227 g/mol. The largest absolute Gasteiger partial charge is 0.507 e. The Balaban J connectivity index is 2.96. The van der Waals surface area contributed by atoms with E-state index in [1.165, 1.54) is 6.07 Å². The highest BCUT2D eigenvalue weighted by atomic mass is 35.5. The molecule has 0 radical (unpaired) electrons. The molecule has 0 atom stereocenters. The lowest BCUT2D eigenvalue weighted by atomic mass is 10.3. The summed E-state index contributed by atoms with van der Waals surface area (Å²) in [4.78, 5) is 17.2. The molecule has 14 heavy (non-hydrogen) atoms. The van der Waals surface area contributed by atoms with Gasteiger partial charge in [-0.3, -0.25) is 4.79 Å². The number of aromatic amines is 1. The summed E-state index contributed by atoms with van der Waals surface area (Å²) in [6.07, 6.45) is 0. The van der Waals surface area contributed by atoms with E-state index in [2.05, 4.69) is 9.97 Å². The Kier molecular flexibility index (Phi) is 2.09. The van der Waals surface area contributed by atoms with Crippen LogP contribution >= 0.6 is 23.2 Å². The van der Waals surface area contributed by atoms with E-state index in [4.69, 9.17) is 23.2 Å². The summed E-state index contributed by atoms with van der Waals surface area (Å²) in [5, 5.41) is 10.1. The Morgan fingerprint density at radius 2 is 2.07 bits per heavy atom. The fourth-order valence-corrected chi connectivity index (χ4v) is 1.40. The van der Waals surface area contributed by atoms with Gasteiger partial charge in [-0.2, -0.15) is 0 Å². The van der Waals surface area contributed by atoms with Gasteiger partial charge in [-0.25, -0.2) is 4.98 Å². The number of nitrogens with one attached hydrogen (secondary N) is 1. The molecule has 2 aromatic rings. The minimum atomic E-state index is -0.444. The van der Waals surface area contributed by atoms with Crippen molar-refractivity contribution in [1.29, 1.82) is 0 Å². The van der Waals surface area contributed by atoms with Gasteiger partial charge in [-0.1, -0.05) is 23.2 Å². The van der Waals surface area contributed by atoms with E-state index in [-0.39, 0.29) is 21.6 Å². The number of aromatic nitrogens is 2. The van der Waals surface area contributed by atoms with Crippen molar-refractivity contribution in [2.75, 3.05) is 0 Å². The maximum atomic E-state index is 11.0. The number of fused-ring (bicyclic) bond motifs is 1. The zero-order valence-electron chi connectivity index (χ0n) is 6.71. The van der Waals surface area contributed by atoms with Crippen LogP contribution in [-0.2, 0) is 0 Å². The number of nitrogens with zero attached hydrogens (tertiary/aromatic N) is 1. The Morgan fingerprint density at radius 1 is 1.36 bits per heavy atom. The van der Waals surface area contributed by atoms with Crippen molar-refractivity contribution in [2.45, 2.75) is 0 Å². The van der Waals surface area contributed by atoms with Crippen molar-refractivity contribution in [1.82, 2.24) is 9.97 Å². The first-order valence-corrected chi connectivity index (χ1v) is 4.41. The van der Waals surface area contributed by atoms with Gasteiger partial charge in [0.05, 0.1) is 10.4 Å². The van der Waals surface area contributed by atoms with Crippen LogP contribution < -0.4 is 5.56 Å². The van der Waals surface area contributed by atoms with Gasteiger partial charge < -0.3 is 10.1 Å². The van der Waals surface area contributed by atoms with Crippen LogP contribution in [0.5, 0.6) is 5.75 Å². The molecule has 0 unspecified atom stereocenters. The molecule has 4 nitrogen and oxygen atoms in total. The van der Waals surface area contributed by atoms with Gasteiger partial charge >= 0.3 is 0 Å². The second kappa shape index (κ2) is 3.15. The van der Waals surface area contributed by atoms with E-state index in [1.54, 1.807) is 0 Å². The lowest BCUT2D eigenvalue weighted by Crippen LogP contribution is -2.04. The number of halogens is 2. The lowest BCUT2D eigenvalue weighted by Gasteiger charge is -2.01. The van der Waals surface area contributed by atoms with Gasteiger partial charge in [-0.15, -0.1) is 0 Å². The quantitative estimate of drug-likeness (QED) is 0.680. The van der Waals surface area contributed by atoms with Gasteiger partial charge in [0.1, 0.15) is 16.5 Å². The average molecular weight is 231 g/mol. The van der Waals surface area contributed by atoms with E-state index in [0.717, 1.165) is 6.07 Å². The summed E-state index contributed by atoms with van der Waals surface area (Å²) < 4.78 is 0. The van der Waals surface area contributed by atoms with Crippen LogP contribution in [0.1, 0.15) is 0 Å². The van der Waals surface area contributed by atoms with Gasteiger partial charge in [0.2, 0.25) is 0 Å². The van der Waals surface area contributed by atoms with Crippen molar-refractivity contribution >= 4 is 34.2 Å². The molecule has 2 heterocycles. The maximum absolute atomic E-state index is 11.0. The molecule has 0 aliphatic rings. The summed E-state index contributed by atoms with van der Waals surface area (Å²) in [6.45, 7) is 0. The van der Waals surface area contributed by atoms with Gasteiger partial charge in [-0.05, 0) is 6.07 Å². The van der Waals surface area contributed by atoms with Gasteiger partial charge in [0.15, 0.2) is 0 Å². The predicted octanol–water partition coefficient (Wildman–Crippen LogP) is 1.94. The molecule has 0 spiro atoms. The number of hydrogen-bond acceptors (Lipinski definition) is 3. The number of H-pyrrole nitrogens is 1. The fourth-order valence-electron chi connectivity index (χ4n) is 1.11. The van der Waals surface area contributed by atoms with Crippen LogP contribution in [0.2, 0.25) is 10.2 Å². The van der Waals surface area contributed by atoms with Crippen molar-refractivity contribution in [3.05, 3.63) is 32.7 Å². The predicted molar refractivity (Wildman–Crippen MR) is 54.0 cm³/mol. The topological polar surface area (TPSA) is 66.0 Å². The number of rotatable bonds is 0. The first-order valence-electron chi connectivity index (χ1n) is 3.66. The number of pyridine rings is 2. The molecule has 0 amide bonds. The Labute approximate surface area is 88.1 Å². The molecule has 6 heteroatoms. The molecule has 0 bridgehead atoms. The van der Waals surface area contributed by atoms with Gasteiger partial charge in [0, 0.05) is 6.07 Å². The SMILES string of the molecule is O=c1cc(O)c2cc(Cl)c(Cl)nc2[nH]1. The van der Waals surface area contributed by atoms with Crippen LogP contribution in [0, 0.1) is 0 Å². The molecule has 0 aliphatic carbocycles. The molecule has 0 saturated carbocycles. The third-order valence-electron chi connectivity index (χ3n) is 1.72. The highest BCUT2D eigenvalue weighted by molar-refractivity contribution is 6.41. The molecule has 2 N–H and O–H groups in total. The van der Waals surface area contributed by atoms with Crippen molar-refractivity contribution in [2.24, 2.45) is 0 Å². The van der Waals surface area contributed by atoms with Crippen LogP contribution in [0.4, 0.5) is 0 Å². The average Bonchev–Trinajstić information content (AvgIpc) is 2.08. The smallest absolute Gasteiger partial charge is 0.253 e. The van der Waals surface area contributed by atoms with Crippen molar-refractivity contribution < 1.29 is 5.11 Å². The van der Waals surface area contributed by atoms with Crippen LogP contribution in [0.25, 0.3) is 11.0 Å². The first kappa shape index (κ1) is 9.30. The molecule has 0 saturated heterocycles. The van der Waals surface area contributed by atoms with E-state index in [0.29, 0.717) is 5.39 Å². The third-order valence-corrected chi connectivity index (χ3v) is 2.39. The second-order valence-corrected chi connectivity index (χ2v) is 3.44. The second-order valence-electron chi connectivity index (χ2n) is 2.68. The molecule has 0 fully saturated rings. The van der Waals surface area contributed by atoms with Crippen LogP contribution in [-0.4, -0.2) is 15.1 Å². The number of hydrogen-bond donors (Lipinski definition) is 2. The van der Waals surface area contributed by atoms with Crippen LogP contribution in [0.15, 0.2) is 16.9 Å². The Bertz CT molecular complexity index is 565. The summed E-state index contributed by atoms with van der Waals surface area (Å²) in [7, 11) is 0. The Hall–Kier alpha value is -1.26. The molecule has 0 aromatic carbocycles. The van der Waals surface area contributed by atoms with Crippen LogP contribution in [0.3, 0.4) is 0 Å². The molecule has 2 rings (SSSR count). The van der Waals surface area contributed by atoms with Crippen molar-refractivity contribution in [3.63, 3.8) is 0 Å². The highest BCUT2D eigenvalue weighted by Crippen LogP contribution is 2.27. The van der Waals surface area contributed by atoms with E-state index in [1.807, 2.05) is 0 Å². The number of aromatic hydroxyl groups is 1. The highest BCUT2D eigenvalue weighted by Gasteiger charge is 2.07. The van der Waals surface area contributed by atoms with E-state index >= 15 is 0 Å². The minimum Gasteiger partial charge on any atom is -0.507 e. The molecule has 72 valence electrons. The fraction of sp³-hybridized carbons (Fsp3) is 0. The minimum absolute atomic E-state index is 0.0837. The zero-order valence-corrected chi connectivity index (χ0v) is 8.23. The zero-order chi connectivity index (χ0) is 10.3. The lowest BCUT2D eigenvalue weighted by molar-refractivity contribution is 0.480. The summed E-state index contributed by atoms with van der Waals surface area (Å²) >= 11 is 11.3. The molecular formula is C8H4Cl2N2O2. The van der Waals surface area contributed by atoms with E-state index < -0.39 is 5.56 Å². The molecule has 0 aliphatic heterocycles. The Morgan fingerprint density at radius 3 is 2.79 bits per heavy atom. The first-order chi connectivity index (χ1) is 6.58. The standard InChI is InChI=1S/C8H4Cl2N2O2/c9-4-1-3-5(13)2-6(14)11-8(3)12-7(4)10/h1-2H,(H2,11,12,13,14). The van der Waals surface area contributed by atoms with Crippen molar-refractivity contribution in [3.8, 4) is 5.75 Å². The summed E-state index contributed by atoms with van der Waals surface area (Å²) in [6, 6.07) is 2.49. The normalized spacial score (nSPS) is 10.7. The summed E-state index contributed by atoms with van der Waals surface area (Å²) in [5.74, 6) is -0.171. The monoisotopic (exact) mass is 230 g/mol. The third kappa shape index (κ3) is 1.42. The van der Waals surface area contributed by atoms with E-state index in [9.17, 15) is 9.90 Å². The maximum Gasteiger partial charge on any atom is 0.253 e.